The van der Waals surface area contributed by atoms with E-state index in [2.05, 4.69) is 11.4 Å². The van der Waals surface area contributed by atoms with Gasteiger partial charge in [0.1, 0.15) is 0 Å². The molecule has 3 rings (SSSR count). The van der Waals surface area contributed by atoms with Gasteiger partial charge in [-0.05, 0) is 48.1 Å². The van der Waals surface area contributed by atoms with E-state index in [1.807, 2.05) is 18.2 Å². The van der Waals surface area contributed by atoms with Crippen LogP contribution in [0.3, 0.4) is 0 Å². The predicted molar refractivity (Wildman–Crippen MR) is 106 cm³/mol. The van der Waals surface area contributed by atoms with Crippen LogP contribution in [-0.4, -0.2) is 33.2 Å². The van der Waals surface area contributed by atoms with Crippen molar-refractivity contribution in [3.63, 3.8) is 0 Å². The van der Waals surface area contributed by atoms with Crippen LogP contribution < -0.4 is 5.32 Å². The van der Waals surface area contributed by atoms with Crippen LogP contribution in [-0.2, 0) is 31.5 Å². The van der Waals surface area contributed by atoms with E-state index in [9.17, 15) is 18.0 Å². The first kappa shape index (κ1) is 20.1. The summed E-state index contributed by atoms with van der Waals surface area (Å²) in [5, 5.41) is 2.93. The largest absolute Gasteiger partial charge is 0.452 e. The molecule has 0 aliphatic heterocycles. The second-order valence-corrected chi connectivity index (χ2v) is 9.20. The first-order valence-electron chi connectivity index (χ1n) is 9.13. The summed E-state index contributed by atoms with van der Waals surface area (Å²) in [6.45, 7) is -0.381. The molecule has 0 saturated carbocycles. The summed E-state index contributed by atoms with van der Waals surface area (Å²) in [6, 6.07) is 14.2. The van der Waals surface area contributed by atoms with Crippen molar-refractivity contribution in [2.24, 2.45) is 0 Å². The van der Waals surface area contributed by atoms with Crippen molar-refractivity contribution in [2.45, 2.75) is 31.1 Å². The SMILES string of the molecule is CS(=O)(=O)Cc1cccc(C(=O)OCC(=O)NC2CCCc3ccccc32)c1. The number of carbonyl (C=O) groups is 2. The van der Waals surface area contributed by atoms with Crippen molar-refractivity contribution in [1.82, 2.24) is 5.32 Å². The van der Waals surface area contributed by atoms with Crippen LogP contribution in [0.2, 0.25) is 0 Å². The third-order valence-corrected chi connectivity index (χ3v) is 5.49. The highest BCUT2D eigenvalue weighted by molar-refractivity contribution is 7.89. The van der Waals surface area contributed by atoms with Crippen LogP contribution in [0.25, 0.3) is 0 Å². The number of hydrogen-bond acceptors (Lipinski definition) is 5. The molecule has 1 N–H and O–H groups in total. The molecule has 0 saturated heterocycles. The summed E-state index contributed by atoms with van der Waals surface area (Å²) in [5.41, 5.74) is 3.07. The Morgan fingerprint density at radius 1 is 1.14 bits per heavy atom. The Kier molecular flexibility index (Phi) is 6.14. The maximum atomic E-state index is 12.2. The van der Waals surface area contributed by atoms with Crippen molar-refractivity contribution in [2.75, 3.05) is 12.9 Å². The minimum atomic E-state index is -3.20. The van der Waals surface area contributed by atoms with E-state index in [0.29, 0.717) is 5.56 Å². The van der Waals surface area contributed by atoms with Gasteiger partial charge in [-0.2, -0.15) is 0 Å². The normalized spacial score (nSPS) is 16.1. The summed E-state index contributed by atoms with van der Waals surface area (Å²) in [7, 11) is -3.20. The lowest BCUT2D eigenvalue weighted by Gasteiger charge is -2.26. The van der Waals surface area contributed by atoms with E-state index in [4.69, 9.17) is 4.74 Å². The number of esters is 1. The van der Waals surface area contributed by atoms with Gasteiger partial charge >= 0.3 is 5.97 Å². The molecule has 2 aromatic rings. The highest BCUT2D eigenvalue weighted by Crippen LogP contribution is 2.29. The van der Waals surface area contributed by atoms with Gasteiger partial charge in [-0.3, -0.25) is 4.79 Å². The zero-order valence-electron chi connectivity index (χ0n) is 15.7. The lowest BCUT2D eigenvalue weighted by Crippen LogP contribution is -2.34. The van der Waals surface area contributed by atoms with Crippen LogP contribution in [0.1, 0.15) is 45.9 Å². The molecule has 0 heterocycles. The van der Waals surface area contributed by atoms with E-state index in [1.165, 1.54) is 17.7 Å². The fraction of sp³-hybridized carbons (Fsp3) is 0.333. The Morgan fingerprint density at radius 2 is 1.93 bits per heavy atom. The van der Waals surface area contributed by atoms with Crippen LogP contribution in [0.4, 0.5) is 0 Å². The van der Waals surface area contributed by atoms with Gasteiger partial charge in [-0.1, -0.05) is 36.4 Å². The molecule has 0 bridgehead atoms. The number of rotatable bonds is 6. The van der Waals surface area contributed by atoms with Crippen molar-refractivity contribution >= 4 is 21.7 Å². The number of carbonyl (C=O) groups excluding carboxylic acids is 2. The molecule has 7 heteroatoms. The Morgan fingerprint density at radius 3 is 2.71 bits per heavy atom. The number of aryl methyl sites for hydroxylation is 1. The summed E-state index contributed by atoms with van der Waals surface area (Å²) >= 11 is 0. The Hall–Kier alpha value is -2.67. The summed E-state index contributed by atoms with van der Waals surface area (Å²) in [5.74, 6) is -1.17. The van der Waals surface area contributed by atoms with Crippen molar-refractivity contribution in [3.05, 3.63) is 70.8 Å². The zero-order chi connectivity index (χ0) is 20.1. The lowest BCUT2D eigenvalue weighted by atomic mass is 9.88. The Bertz CT molecular complexity index is 984. The Labute approximate surface area is 164 Å². The molecule has 1 atom stereocenters. The van der Waals surface area contributed by atoms with Crippen LogP contribution in [0, 0.1) is 0 Å². The highest BCUT2D eigenvalue weighted by atomic mass is 32.2. The Balaban J connectivity index is 1.57. The second kappa shape index (κ2) is 8.56. The fourth-order valence-corrected chi connectivity index (χ4v) is 4.23. The van der Waals surface area contributed by atoms with Gasteiger partial charge in [-0.15, -0.1) is 0 Å². The molecule has 148 valence electrons. The zero-order valence-corrected chi connectivity index (χ0v) is 16.5. The number of benzene rings is 2. The molecule has 2 aromatic carbocycles. The fourth-order valence-electron chi connectivity index (χ4n) is 3.45. The number of ether oxygens (including phenoxy) is 1. The third kappa shape index (κ3) is 5.42. The number of amides is 1. The summed E-state index contributed by atoms with van der Waals surface area (Å²) in [6.07, 6.45) is 3.98. The van der Waals surface area contributed by atoms with E-state index < -0.39 is 15.8 Å². The molecule has 1 aliphatic carbocycles. The predicted octanol–water partition coefficient (Wildman–Crippen LogP) is 2.58. The highest BCUT2D eigenvalue weighted by Gasteiger charge is 2.22. The maximum Gasteiger partial charge on any atom is 0.338 e. The number of sulfone groups is 1. The molecular weight excluding hydrogens is 378 g/mol. The molecular formula is C21H23NO5S. The monoisotopic (exact) mass is 401 g/mol. The van der Waals surface area contributed by atoms with Crippen LogP contribution >= 0.6 is 0 Å². The van der Waals surface area contributed by atoms with Crippen LogP contribution in [0.5, 0.6) is 0 Å². The van der Waals surface area contributed by atoms with Gasteiger partial charge in [0.15, 0.2) is 16.4 Å². The minimum Gasteiger partial charge on any atom is -0.452 e. The molecule has 1 aliphatic rings. The van der Waals surface area contributed by atoms with Gasteiger partial charge < -0.3 is 10.1 Å². The van der Waals surface area contributed by atoms with Gasteiger partial charge in [0, 0.05) is 6.26 Å². The average Bonchev–Trinajstić information content (AvgIpc) is 2.65. The van der Waals surface area contributed by atoms with Crippen LogP contribution in [0.15, 0.2) is 48.5 Å². The second-order valence-electron chi connectivity index (χ2n) is 7.06. The van der Waals surface area contributed by atoms with Gasteiger partial charge in [0.05, 0.1) is 17.4 Å². The molecule has 6 nitrogen and oxygen atoms in total. The van der Waals surface area contributed by atoms with E-state index in [-0.39, 0.29) is 29.9 Å². The van der Waals surface area contributed by atoms with Gasteiger partial charge in [0.2, 0.25) is 0 Å². The lowest BCUT2D eigenvalue weighted by molar-refractivity contribution is -0.125. The first-order chi connectivity index (χ1) is 13.3. The number of hydrogen-bond donors (Lipinski definition) is 1. The first-order valence-corrected chi connectivity index (χ1v) is 11.2. The van der Waals surface area contributed by atoms with E-state index >= 15 is 0 Å². The van der Waals surface area contributed by atoms with Gasteiger partial charge in [0.25, 0.3) is 5.91 Å². The molecule has 0 spiro atoms. The van der Waals surface area contributed by atoms with E-state index in [0.717, 1.165) is 31.1 Å². The number of fused-ring (bicyclic) bond motifs is 1. The molecule has 0 radical (unpaired) electrons. The smallest absolute Gasteiger partial charge is 0.338 e. The van der Waals surface area contributed by atoms with Crippen molar-refractivity contribution < 1.29 is 22.7 Å². The molecule has 28 heavy (non-hydrogen) atoms. The van der Waals surface area contributed by atoms with Crippen molar-refractivity contribution in [1.29, 1.82) is 0 Å². The van der Waals surface area contributed by atoms with Gasteiger partial charge in [-0.25, -0.2) is 13.2 Å². The molecule has 0 aromatic heterocycles. The van der Waals surface area contributed by atoms with E-state index in [1.54, 1.807) is 12.1 Å². The molecule has 0 fully saturated rings. The maximum absolute atomic E-state index is 12.2. The summed E-state index contributed by atoms with van der Waals surface area (Å²) < 4.78 is 27.9. The standard InChI is InChI=1S/C21H23NO5S/c1-28(25,26)14-15-6-4-9-17(12-15)21(24)27-13-20(23)22-19-11-5-8-16-7-2-3-10-18(16)19/h2-4,6-7,9-10,12,19H,5,8,11,13-14H2,1H3,(H,22,23). The average molecular weight is 401 g/mol. The minimum absolute atomic E-state index is 0.0748. The van der Waals surface area contributed by atoms with Crippen molar-refractivity contribution in [3.8, 4) is 0 Å². The molecule has 1 amide bonds. The number of nitrogens with one attached hydrogen (secondary N) is 1. The molecule has 1 unspecified atom stereocenters. The quantitative estimate of drug-likeness (QED) is 0.752. The topological polar surface area (TPSA) is 89.5 Å². The summed E-state index contributed by atoms with van der Waals surface area (Å²) in [4.78, 5) is 24.4. The third-order valence-electron chi connectivity index (χ3n) is 4.63.